The lowest BCUT2D eigenvalue weighted by Gasteiger charge is -2.16. The number of anilines is 1. The molecule has 0 aliphatic carbocycles. The van der Waals surface area contributed by atoms with Gasteiger partial charge in [-0.3, -0.25) is 9.36 Å². The molecule has 0 aliphatic heterocycles. The average Bonchev–Trinajstić information content (AvgIpc) is 1.10. The van der Waals surface area contributed by atoms with Crippen molar-refractivity contribution >= 4 is 16.5 Å². The van der Waals surface area contributed by atoms with Crippen LogP contribution in [-0.2, 0) is 38.4 Å². The Kier molecular flexibility index (Phi) is 25.6. The monoisotopic (exact) mass is 1390 g/mol. The summed E-state index contributed by atoms with van der Waals surface area (Å²) in [5.74, 6) is 2.28. The van der Waals surface area contributed by atoms with Gasteiger partial charge in [0.15, 0.2) is 0 Å². The second kappa shape index (κ2) is 36.0. The highest BCUT2D eigenvalue weighted by molar-refractivity contribution is 5.96. The maximum absolute atomic E-state index is 5.35. The van der Waals surface area contributed by atoms with E-state index in [1.54, 1.807) is 37.8 Å². The largest absolute Gasteiger partial charge is 0.496 e. The number of para-hydroxylation sites is 4. The molecule has 6 aromatic heterocycles. The van der Waals surface area contributed by atoms with Crippen LogP contribution in [0.2, 0.25) is 0 Å². The van der Waals surface area contributed by atoms with Gasteiger partial charge in [-0.1, -0.05) is 202 Å². The number of benzene rings is 9. The van der Waals surface area contributed by atoms with Gasteiger partial charge in [-0.15, -0.1) is 25.5 Å². The number of methoxy groups -OCH3 is 4. The molecule has 0 fully saturated rings. The summed E-state index contributed by atoms with van der Waals surface area (Å²) in [5, 5.41) is 55.1. The van der Waals surface area contributed by atoms with Crippen molar-refractivity contribution in [2.75, 3.05) is 47.4 Å². The van der Waals surface area contributed by atoms with Crippen molar-refractivity contribution in [3.8, 4) is 84.9 Å². The fourth-order valence-electron chi connectivity index (χ4n) is 11.4. The highest BCUT2D eigenvalue weighted by Crippen LogP contribution is 2.39. The topological polar surface area (TPSA) is 235 Å². The van der Waals surface area contributed by atoms with Crippen LogP contribution in [0.25, 0.3) is 78.4 Å². The van der Waals surface area contributed by atoms with Gasteiger partial charge in [0.05, 0.1) is 79.0 Å². The first kappa shape index (κ1) is 73.9. The Morgan fingerprint density at radius 1 is 0.394 bits per heavy atom. The summed E-state index contributed by atoms with van der Waals surface area (Å²) in [6.45, 7) is 13.4. The zero-order valence-corrected chi connectivity index (χ0v) is 61.2. The molecule has 0 unspecified atom stereocenters. The molecule has 0 spiro atoms. The molecule has 104 heavy (non-hydrogen) atoms. The Labute approximate surface area is 606 Å². The van der Waals surface area contributed by atoms with Crippen LogP contribution < -0.4 is 19.1 Å². The van der Waals surface area contributed by atoms with Crippen LogP contribution in [-0.4, -0.2) is 133 Å². The van der Waals surface area contributed by atoms with Gasteiger partial charge in [-0.05, 0) is 119 Å². The lowest BCUT2D eigenvalue weighted by atomic mass is 10.0. The van der Waals surface area contributed by atoms with E-state index in [1.165, 1.54) is 16.3 Å². The van der Waals surface area contributed by atoms with Gasteiger partial charge in [0, 0.05) is 69.8 Å². The summed E-state index contributed by atoms with van der Waals surface area (Å²) in [6, 6.07) is 76.9. The SMILES string of the molecule is COCc1nnn(-c2ccccc2)c1C.COc1cccc(OC)c1-c1nnn(C)c1C.COc1ccccc1-c1nnn(C)c1C.Cc1c(-c2ccccc2)nnn1-c1ccccc1.Cc1c(-c2ccccc2N(C)C)nnn1CCc1ccccc1.Cc1n[nH]nc1-c1cccc2ccccc12. The Bertz CT molecular complexity index is 5080. The van der Waals surface area contributed by atoms with Crippen LogP contribution in [0, 0.1) is 41.5 Å². The van der Waals surface area contributed by atoms with Crippen molar-refractivity contribution in [3.63, 3.8) is 0 Å². The number of hydrogen-bond acceptors (Lipinski definition) is 17. The number of aromatic amines is 1. The molecule has 530 valence electrons. The van der Waals surface area contributed by atoms with Crippen molar-refractivity contribution in [1.82, 2.24) is 90.4 Å². The lowest BCUT2D eigenvalue weighted by molar-refractivity contribution is 0.181. The fourth-order valence-corrected chi connectivity index (χ4v) is 11.4. The molecule has 1 N–H and O–H groups in total. The third kappa shape index (κ3) is 17.9. The maximum Gasteiger partial charge on any atom is 0.132 e. The number of H-pyrrole nitrogens is 1. The summed E-state index contributed by atoms with van der Waals surface area (Å²) in [4.78, 5) is 2.11. The first-order valence-electron chi connectivity index (χ1n) is 33.8. The molecule has 23 heteroatoms. The first-order chi connectivity index (χ1) is 50.6. The molecular formula is C81H87N19O4. The average molecular weight is 1390 g/mol. The molecule has 0 bridgehead atoms. The number of rotatable bonds is 16. The number of aryl methyl sites for hydroxylation is 5. The van der Waals surface area contributed by atoms with Crippen LogP contribution in [0.15, 0.2) is 231 Å². The van der Waals surface area contributed by atoms with Gasteiger partial charge >= 0.3 is 0 Å². The fraction of sp³-hybridized carbons (Fsp3) is 0.210. The van der Waals surface area contributed by atoms with Crippen LogP contribution >= 0.6 is 0 Å². The number of fused-ring (bicyclic) bond motifs is 1. The zero-order chi connectivity index (χ0) is 73.5. The molecule has 23 nitrogen and oxygen atoms in total. The summed E-state index contributed by atoms with van der Waals surface area (Å²) < 4.78 is 30.2. The Morgan fingerprint density at radius 2 is 0.875 bits per heavy atom. The minimum atomic E-state index is 0.499. The summed E-state index contributed by atoms with van der Waals surface area (Å²) in [5.41, 5.74) is 21.1. The molecule has 0 amide bonds. The maximum atomic E-state index is 5.35. The van der Waals surface area contributed by atoms with E-state index in [1.807, 2.05) is 247 Å². The van der Waals surface area contributed by atoms with E-state index < -0.39 is 0 Å². The van der Waals surface area contributed by atoms with Crippen molar-refractivity contribution in [2.45, 2.75) is 61.1 Å². The molecular weight excluding hydrogens is 1300 g/mol. The van der Waals surface area contributed by atoms with Crippen molar-refractivity contribution in [3.05, 3.63) is 276 Å². The molecule has 15 aromatic rings. The number of nitrogens with one attached hydrogen (secondary N) is 1. The van der Waals surface area contributed by atoms with E-state index in [0.29, 0.717) is 6.61 Å². The van der Waals surface area contributed by atoms with Crippen LogP contribution in [0.4, 0.5) is 5.69 Å². The van der Waals surface area contributed by atoms with Crippen molar-refractivity contribution in [2.24, 2.45) is 14.1 Å². The third-order valence-corrected chi connectivity index (χ3v) is 17.3. The van der Waals surface area contributed by atoms with Gasteiger partial charge < -0.3 is 23.8 Å². The summed E-state index contributed by atoms with van der Waals surface area (Å²) in [6.07, 6.45) is 0.958. The van der Waals surface area contributed by atoms with E-state index in [2.05, 4.69) is 139 Å². The number of ether oxygens (including phenoxy) is 4. The highest BCUT2D eigenvalue weighted by Gasteiger charge is 2.20. The lowest BCUT2D eigenvalue weighted by Crippen LogP contribution is -2.10. The van der Waals surface area contributed by atoms with Gasteiger partial charge in [0.2, 0.25) is 0 Å². The second-order valence-electron chi connectivity index (χ2n) is 24.1. The van der Waals surface area contributed by atoms with Crippen molar-refractivity contribution < 1.29 is 18.9 Å². The van der Waals surface area contributed by atoms with E-state index in [0.717, 1.165) is 143 Å². The standard InChI is InChI=1S/C19H22N4.C15H13N3.C13H11N3.C12H15N3O2.2C11H13N3O/c1-15-19(17-11-7-8-12-18(17)22(2)3)20-21-23(15)14-13-16-9-5-4-6-10-16;1-12-15(13-8-4-2-5-9-13)16-17-18(12)14-10-6-3-7-11-14;1-9-13(15-16-14-9)12-8-4-6-10-5-2-3-7-11(10)12;1-8-12(13-14-15(8)2)11-9(16-3)6-5-7-10(11)17-4;1-8-11(12-13-14(8)2)9-6-4-5-7-10(9)15-3;1-9-11(8-15-2)12-13-14(9)10-6-4-3-5-7-10/h4-12H,13-14H2,1-3H3;2-11H,1H3;2-8H,1H3,(H,14,15,16);5-7H,1-4H3;4-7H,1-3H3;3-7H,8H2,1-2H3. The Balaban J connectivity index is 0.000000135. The summed E-state index contributed by atoms with van der Waals surface area (Å²) >= 11 is 0. The predicted octanol–water partition coefficient (Wildman–Crippen LogP) is 15.1. The first-order valence-corrected chi connectivity index (χ1v) is 33.8. The molecule has 0 atom stereocenters. The normalized spacial score (nSPS) is 10.6. The van der Waals surface area contributed by atoms with Gasteiger partial charge in [-0.2, -0.15) is 15.4 Å². The van der Waals surface area contributed by atoms with E-state index in [9.17, 15) is 0 Å². The van der Waals surface area contributed by atoms with E-state index in [-0.39, 0.29) is 0 Å². The molecule has 15 rings (SSSR count). The molecule has 0 radical (unpaired) electrons. The Hall–Kier alpha value is -12.8. The molecule has 9 aromatic carbocycles. The molecule has 0 saturated heterocycles. The highest BCUT2D eigenvalue weighted by atomic mass is 16.5. The predicted molar refractivity (Wildman–Crippen MR) is 409 cm³/mol. The number of hydrogen-bond donors (Lipinski definition) is 1. The second-order valence-corrected chi connectivity index (χ2v) is 24.1. The third-order valence-electron chi connectivity index (χ3n) is 17.3. The van der Waals surface area contributed by atoms with Crippen LogP contribution in [0.5, 0.6) is 17.2 Å². The Morgan fingerprint density at radius 3 is 1.46 bits per heavy atom. The minimum Gasteiger partial charge on any atom is -0.496 e. The molecule has 6 heterocycles. The minimum absolute atomic E-state index is 0.499. The van der Waals surface area contributed by atoms with Crippen LogP contribution in [0.3, 0.4) is 0 Å². The zero-order valence-electron chi connectivity index (χ0n) is 61.2. The van der Waals surface area contributed by atoms with E-state index in [4.69, 9.17) is 18.9 Å². The number of aromatic nitrogens is 18. The van der Waals surface area contributed by atoms with E-state index >= 15 is 0 Å². The summed E-state index contributed by atoms with van der Waals surface area (Å²) in [7, 11) is 14.4. The smallest absolute Gasteiger partial charge is 0.132 e. The molecule has 0 aliphatic rings. The quantitative estimate of drug-likeness (QED) is 0.0946. The van der Waals surface area contributed by atoms with Gasteiger partial charge in [-0.25, -0.2) is 14.0 Å². The van der Waals surface area contributed by atoms with Gasteiger partial charge in [0.1, 0.15) is 51.4 Å². The molecule has 0 saturated carbocycles. The number of nitrogens with zero attached hydrogens (tertiary/aromatic N) is 18. The van der Waals surface area contributed by atoms with Crippen LogP contribution in [0.1, 0.15) is 45.4 Å². The van der Waals surface area contributed by atoms with Crippen molar-refractivity contribution in [1.29, 1.82) is 0 Å². The van der Waals surface area contributed by atoms with Gasteiger partial charge in [0.25, 0.3) is 0 Å².